The van der Waals surface area contributed by atoms with Crippen molar-refractivity contribution in [2.45, 2.75) is 6.42 Å². The van der Waals surface area contributed by atoms with Crippen molar-refractivity contribution >= 4 is 6.08 Å². The second-order valence-electron chi connectivity index (χ2n) is 4.48. The molecule has 5 nitrogen and oxygen atoms in total. The molecular formula is C15H20N4O. The van der Waals surface area contributed by atoms with Crippen LogP contribution in [-0.4, -0.2) is 35.2 Å². The van der Waals surface area contributed by atoms with Crippen LogP contribution in [0.15, 0.2) is 36.5 Å². The van der Waals surface area contributed by atoms with E-state index in [-0.39, 0.29) is 0 Å². The molecule has 0 atom stereocenters. The fourth-order valence-electron chi connectivity index (χ4n) is 1.90. The first-order valence-electron chi connectivity index (χ1n) is 6.65. The number of aryl methyl sites for hydroxylation is 1. The van der Waals surface area contributed by atoms with Gasteiger partial charge in [0.25, 0.3) is 0 Å². The average molecular weight is 272 g/mol. The lowest BCUT2D eigenvalue weighted by Gasteiger charge is -2.03. The molecule has 1 aromatic carbocycles. The molecule has 106 valence electrons. The Morgan fingerprint density at radius 2 is 2.20 bits per heavy atom. The maximum Gasteiger partial charge on any atom is 0.126 e. The Balaban J connectivity index is 1.71. The van der Waals surface area contributed by atoms with Gasteiger partial charge in [-0.2, -0.15) is 0 Å². The lowest BCUT2D eigenvalue weighted by molar-refractivity contribution is 0.414. The molecule has 5 heteroatoms. The summed E-state index contributed by atoms with van der Waals surface area (Å²) in [7, 11) is 3.56. The lowest BCUT2D eigenvalue weighted by atomic mass is 10.2. The molecule has 20 heavy (non-hydrogen) atoms. The van der Waals surface area contributed by atoms with Crippen molar-refractivity contribution in [2.75, 3.05) is 20.2 Å². The van der Waals surface area contributed by atoms with Crippen molar-refractivity contribution in [1.29, 1.82) is 0 Å². The van der Waals surface area contributed by atoms with Crippen LogP contribution in [-0.2, 0) is 13.5 Å². The number of rotatable bonds is 7. The number of aromatic nitrogens is 3. The highest BCUT2D eigenvalue weighted by Crippen LogP contribution is 2.18. The summed E-state index contributed by atoms with van der Waals surface area (Å²) in [6.45, 7) is 1.70. The summed E-state index contributed by atoms with van der Waals surface area (Å²) in [4.78, 5) is 0. The zero-order valence-electron chi connectivity index (χ0n) is 11.9. The topological polar surface area (TPSA) is 52.0 Å². The minimum absolute atomic E-state index is 0.818. The van der Waals surface area contributed by atoms with Crippen molar-refractivity contribution in [3.05, 3.63) is 47.8 Å². The Labute approximate surface area is 119 Å². The van der Waals surface area contributed by atoms with E-state index in [1.165, 1.54) is 0 Å². The van der Waals surface area contributed by atoms with Gasteiger partial charge in [0.15, 0.2) is 0 Å². The SMILES string of the molecule is COc1ccccc1/C=C/CNCCc1cn(C)nn1. The van der Waals surface area contributed by atoms with Gasteiger partial charge in [-0.3, -0.25) is 4.68 Å². The molecule has 0 spiro atoms. The van der Waals surface area contributed by atoms with Gasteiger partial charge in [0.2, 0.25) is 0 Å². The Morgan fingerprint density at radius 3 is 2.95 bits per heavy atom. The van der Waals surface area contributed by atoms with Crippen molar-refractivity contribution in [3.63, 3.8) is 0 Å². The molecule has 0 fully saturated rings. The Bertz CT molecular complexity index is 563. The molecule has 0 amide bonds. The quantitative estimate of drug-likeness (QED) is 0.779. The molecule has 0 aliphatic carbocycles. The minimum Gasteiger partial charge on any atom is -0.496 e. The van der Waals surface area contributed by atoms with E-state index < -0.39 is 0 Å². The Hall–Kier alpha value is -2.14. The van der Waals surface area contributed by atoms with Crippen molar-refractivity contribution < 1.29 is 4.74 Å². The molecule has 1 aromatic heterocycles. The number of nitrogens with one attached hydrogen (secondary N) is 1. The highest BCUT2D eigenvalue weighted by Gasteiger charge is 1.97. The zero-order chi connectivity index (χ0) is 14.2. The molecule has 2 aromatic rings. The minimum atomic E-state index is 0.818. The normalized spacial score (nSPS) is 11.1. The number of hydrogen-bond acceptors (Lipinski definition) is 4. The fraction of sp³-hybridized carbons (Fsp3) is 0.333. The first kappa shape index (κ1) is 14.3. The molecule has 1 N–H and O–H groups in total. The third-order valence-electron chi connectivity index (χ3n) is 2.91. The maximum atomic E-state index is 5.29. The van der Waals surface area contributed by atoms with Crippen LogP contribution in [0, 0.1) is 0 Å². The maximum absolute atomic E-state index is 5.29. The van der Waals surface area contributed by atoms with Gasteiger partial charge in [0, 0.05) is 38.3 Å². The smallest absolute Gasteiger partial charge is 0.126 e. The third-order valence-corrected chi connectivity index (χ3v) is 2.91. The van der Waals surface area contributed by atoms with Crippen LogP contribution in [0.5, 0.6) is 5.75 Å². The Morgan fingerprint density at radius 1 is 1.35 bits per heavy atom. The van der Waals surface area contributed by atoms with Gasteiger partial charge in [0.05, 0.1) is 12.8 Å². The van der Waals surface area contributed by atoms with Crippen LogP contribution < -0.4 is 10.1 Å². The van der Waals surface area contributed by atoms with E-state index >= 15 is 0 Å². The molecule has 0 radical (unpaired) electrons. The number of methoxy groups -OCH3 is 1. The van der Waals surface area contributed by atoms with E-state index in [4.69, 9.17) is 4.74 Å². The predicted molar refractivity (Wildman–Crippen MR) is 79.6 cm³/mol. The number of nitrogens with zero attached hydrogens (tertiary/aromatic N) is 3. The summed E-state index contributed by atoms with van der Waals surface area (Å²) >= 11 is 0. The van der Waals surface area contributed by atoms with E-state index in [9.17, 15) is 0 Å². The summed E-state index contributed by atoms with van der Waals surface area (Å²) in [5.41, 5.74) is 2.10. The van der Waals surface area contributed by atoms with Gasteiger partial charge in [-0.05, 0) is 6.07 Å². The summed E-state index contributed by atoms with van der Waals surface area (Å²) in [5.74, 6) is 0.892. The van der Waals surface area contributed by atoms with Gasteiger partial charge >= 0.3 is 0 Å². The Kier molecular flexibility index (Phi) is 5.32. The average Bonchev–Trinajstić information content (AvgIpc) is 2.88. The van der Waals surface area contributed by atoms with Crippen LogP contribution in [0.3, 0.4) is 0 Å². The highest BCUT2D eigenvalue weighted by molar-refractivity contribution is 5.57. The third kappa shape index (κ3) is 4.20. The molecule has 0 saturated heterocycles. The summed E-state index contributed by atoms with van der Waals surface area (Å²) in [6, 6.07) is 7.97. The lowest BCUT2D eigenvalue weighted by Crippen LogP contribution is -2.17. The molecule has 0 unspecified atom stereocenters. The van der Waals surface area contributed by atoms with Gasteiger partial charge < -0.3 is 10.1 Å². The first-order valence-corrected chi connectivity index (χ1v) is 6.65. The standard InChI is InChI=1S/C15H20N4O/c1-19-12-14(17-18-19)9-11-16-10-5-7-13-6-3-4-8-15(13)20-2/h3-8,12,16H,9-11H2,1-2H3/b7-5+. The summed E-state index contributed by atoms with van der Waals surface area (Å²) < 4.78 is 7.01. The van der Waals surface area contributed by atoms with Crippen LogP contribution in [0.1, 0.15) is 11.3 Å². The summed E-state index contributed by atoms with van der Waals surface area (Å²) in [5, 5.41) is 11.3. The summed E-state index contributed by atoms with van der Waals surface area (Å²) in [6.07, 6.45) is 6.98. The molecule has 0 aliphatic rings. The van der Waals surface area contributed by atoms with Crippen molar-refractivity contribution in [3.8, 4) is 5.75 Å². The van der Waals surface area contributed by atoms with E-state index in [0.29, 0.717) is 0 Å². The van der Waals surface area contributed by atoms with Crippen LogP contribution in [0.2, 0.25) is 0 Å². The van der Waals surface area contributed by atoms with Gasteiger partial charge in [-0.25, -0.2) is 0 Å². The largest absolute Gasteiger partial charge is 0.496 e. The molecular weight excluding hydrogens is 252 g/mol. The molecule has 1 heterocycles. The number of para-hydroxylation sites is 1. The van der Waals surface area contributed by atoms with E-state index in [0.717, 1.165) is 36.5 Å². The number of benzene rings is 1. The van der Waals surface area contributed by atoms with E-state index in [2.05, 4.69) is 27.8 Å². The molecule has 0 aliphatic heterocycles. The first-order chi connectivity index (χ1) is 9.79. The van der Waals surface area contributed by atoms with Crippen LogP contribution in [0.4, 0.5) is 0 Å². The molecule has 2 rings (SSSR count). The fourth-order valence-corrected chi connectivity index (χ4v) is 1.90. The second-order valence-corrected chi connectivity index (χ2v) is 4.48. The second kappa shape index (κ2) is 7.45. The zero-order valence-corrected chi connectivity index (χ0v) is 11.9. The van der Waals surface area contributed by atoms with Crippen molar-refractivity contribution in [2.24, 2.45) is 7.05 Å². The van der Waals surface area contributed by atoms with Crippen LogP contribution >= 0.6 is 0 Å². The van der Waals surface area contributed by atoms with Gasteiger partial charge in [0.1, 0.15) is 5.75 Å². The van der Waals surface area contributed by atoms with E-state index in [1.807, 2.05) is 37.5 Å². The van der Waals surface area contributed by atoms with Crippen LogP contribution in [0.25, 0.3) is 6.08 Å². The number of hydrogen-bond donors (Lipinski definition) is 1. The number of ether oxygens (including phenoxy) is 1. The molecule has 0 saturated carbocycles. The van der Waals surface area contributed by atoms with Crippen molar-refractivity contribution in [1.82, 2.24) is 20.3 Å². The van der Waals surface area contributed by atoms with Gasteiger partial charge in [-0.15, -0.1) is 5.10 Å². The van der Waals surface area contributed by atoms with E-state index in [1.54, 1.807) is 11.8 Å². The molecule has 0 bridgehead atoms. The predicted octanol–water partition coefficient (Wildman–Crippen LogP) is 1.67. The monoisotopic (exact) mass is 272 g/mol. The highest BCUT2D eigenvalue weighted by atomic mass is 16.5. The van der Waals surface area contributed by atoms with Gasteiger partial charge in [-0.1, -0.05) is 35.6 Å².